The van der Waals surface area contributed by atoms with E-state index in [4.69, 9.17) is 4.74 Å². The molecule has 0 aliphatic carbocycles. The van der Waals surface area contributed by atoms with Crippen LogP contribution in [0.5, 0.6) is 5.75 Å². The molecule has 1 heterocycles. The molecule has 6 heteroatoms. The molecule has 0 spiro atoms. The Morgan fingerprint density at radius 3 is 2.46 bits per heavy atom. The van der Waals surface area contributed by atoms with Crippen LogP contribution >= 0.6 is 0 Å². The van der Waals surface area contributed by atoms with Gasteiger partial charge in [0.1, 0.15) is 11.6 Å². The Morgan fingerprint density at radius 2 is 1.77 bits per heavy atom. The van der Waals surface area contributed by atoms with Gasteiger partial charge in [-0.3, -0.25) is 9.59 Å². The summed E-state index contributed by atoms with van der Waals surface area (Å²) in [6.45, 7) is 7.90. The lowest BCUT2D eigenvalue weighted by Gasteiger charge is -2.41. The highest BCUT2D eigenvalue weighted by Gasteiger charge is 2.37. The highest BCUT2D eigenvalue weighted by atomic mass is 19.1. The molecule has 2 amide bonds. The van der Waals surface area contributed by atoms with Gasteiger partial charge in [0.15, 0.2) is 6.10 Å². The van der Waals surface area contributed by atoms with Crippen LogP contribution in [0.15, 0.2) is 72.8 Å². The first-order chi connectivity index (χ1) is 16.6. The Bertz CT molecular complexity index is 1220. The van der Waals surface area contributed by atoms with Gasteiger partial charge in [-0.1, -0.05) is 57.2 Å². The second-order valence-electron chi connectivity index (χ2n) is 9.93. The molecule has 0 saturated carbocycles. The Morgan fingerprint density at radius 1 is 1.03 bits per heavy atom. The van der Waals surface area contributed by atoms with Crippen molar-refractivity contribution in [1.29, 1.82) is 0 Å². The zero-order valence-electron chi connectivity index (χ0n) is 20.5. The van der Waals surface area contributed by atoms with Crippen molar-refractivity contribution in [3.05, 3.63) is 95.3 Å². The van der Waals surface area contributed by atoms with Crippen molar-refractivity contribution >= 4 is 17.5 Å². The highest BCUT2D eigenvalue weighted by Crippen LogP contribution is 2.39. The minimum Gasteiger partial charge on any atom is -0.481 e. The summed E-state index contributed by atoms with van der Waals surface area (Å²) in [5, 5.41) is 2.85. The predicted molar refractivity (Wildman–Crippen MR) is 135 cm³/mol. The fraction of sp³-hybridized carbons (Fsp3) is 0.310. The first-order valence-electron chi connectivity index (χ1n) is 11.9. The summed E-state index contributed by atoms with van der Waals surface area (Å²) in [5.74, 6) is -0.0956. The third kappa shape index (κ3) is 5.53. The van der Waals surface area contributed by atoms with Gasteiger partial charge in [-0.15, -0.1) is 0 Å². The number of nitrogens with zero attached hydrogens (tertiary/aromatic N) is 1. The molecule has 0 radical (unpaired) electrons. The molecule has 0 aromatic heterocycles. The molecule has 0 fully saturated rings. The van der Waals surface area contributed by atoms with Gasteiger partial charge < -0.3 is 15.0 Å². The summed E-state index contributed by atoms with van der Waals surface area (Å²) in [4.78, 5) is 27.8. The number of benzene rings is 3. The molecule has 1 aliphatic rings. The van der Waals surface area contributed by atoms with Gasteiger partial charge >= 0.3 is 0 Å². The topological polar surface area (TPSA) is 58.6 Å². The van der Waals surface area contributed by atoms with E-state index in [1.165, 1.54) is 12.1 Å². The molecule has 3 aromatic rings. The molecule has 4 rings (SSSR count). The van der Waals surface area contributed by atoms with Crippen LogP contribution in [-0.4, -0.2) is 29.4 Å². The SMILES string of the molecule is C[C@H](Oc1ccc2c(c1)[C@@H](c1cccc(F)c1)N(C(=O)C(C)(C)C)CC2)C(=O)Nc1ccccc1. The van der Waals surface area contributed by atoms with Gasteiger partial charge in [0.05, 0.1) is 6.04 Å². The number of rotatable bonds is 5. The van der Waals surface area contributed by atoms with Crippen molar-refractivity contribution < 1.29 is 18.7 Å². The van der Waals surface area contributed by atoms with Crippen LogP contribution in [0.25, 0.3) is 0 Å². The number of nitrogens with one attached hydrogen (secondary N) is 1. The third-order valence-corrected chi connectivity index (χ3v) is 6.14. The number of carbonyl (C=O) groups excluding carboxylic acids is 2. The van der Waals surface area contributed by atoms with E-state index in [1.807, 2.05) is 80.3 Å². The first kappa shape index (κ1) is 24.5. The number of halogens is 1. The Labute approximate surface area is 205 Å². The van der Waals surface area contributed by atoms with Gasteiger partial charge in [0, 0.05) is 17.6 Å². The van der Waals surface area contributed by atoms with Crippen molar-refractivity contribution in [3.8, 4) is 5.75 Å². The van der Waals surface area contributed by atoms with Crippen LogP contribution in [-0.2, 0) is 16.0 Å². The van der Waals surface area contributed by atoms with Gasteiger partial charge in [0.2, 0.25) is 5.91 Å². The quantitative estimate of drug-likeness (QED) is 0.512. The molecule has 0 unspecified atom stereocenters. The van der Waals surface area contributed by atoms with E-state index >= 15 is 0 Å². The maximum absolute atomic E-state index is 14.2. The number of hydrogen-bond acceptors (Lipinski definition) is 3. The lowest BCUT2D eigenvalue weighted by Crippen LogP contribution is -2.45. The molecule has 182 valence electrons. The van der Waals surface area contributed by atoms with Crippen LogP contribution in [0.4, 0.5) is 10.1 Å². The largest absolute Gasteiger partial charge is 0.481 e. The lowest BCUT2D eigenvalue weighted by atomic mass is 9.85. The van der Waals surface area contributed by atoms with Crippen LogP contribution in [0.1, 0.15) is 50.4 Å². The van der Waals surface area contributed by atoms with Crippen LogP contribution in [0.2, 0.25) is 0 Å². The molecule has 35 heavy (non-hydrogen) atoms. The van der Waals surface area contributed by atoms with Crippen LogP contribution < -0.4 is 10.1 Å². The fourth-order valence-electron chi connectivity index (χ4n) is 4.38. The molecule has 0 saturated heterocycles. The molecule has 1 N–H and O–H groups in total. The Balaban J connectivity index is 1.65. The number of ether oxygens (including phenoxy) is 1. The number of carbonyl (C=O) groups is 2. The normalized spacial score (nSPS) is 16.3. The maximum Gasteiger partial charge on any atom is 0.265 e. The highest BCUT2D eigenvalue weighted by molar-refractivity contribution is 5.94. The lowest BCUT2D eigenvalue weighted by molar-refractivity contribution is -0.141. The standard InChI is InChI=1S/C29H31FN2O3/c1-19(27(33)31-23-11-6-5-7-12-23)35-24-14-13-20-15-16-32(28(34)29(2,3)4)26(25(20)18-24)21-9-8-10-22(30)17-21/h5-14,17-19,26H,15-16H2,1-4H3,(H,31,33)/t19-,26+/m0/s1. The van der Waals surface area contributed by atoms with Crippen molar-refractivity contribution in [1.82, 2.24) is 4.90 Å². The summed E-state index contributed by atoms with van der Waals surface area (Å²) in [5.41, 5.74) is 2.77. The molecule has 3 aromatic carbocycles. The molecule has 2 atom stereocenters. The number of fused-ring (bicyclic) bond motifs is 1. The van der Waals surface area contributed by atoms with Crippen molar-refractivity contribution in [2.24, 2.45) is 5.41 Å². The van der Waals surface area contributed by atoms with Gasteiger partial charge in [-0.2, -0.15) is 0 Å². The second-order valence-corrected chi connectivity index (χ2v) is 9.93. The molecule has 1 aliphatic heterocycles. The fourth-order valence-corrected chi connectivity index (χ4v) is 4.38. The average Bonchev–Trinajstić information content (AvgIpc) is 2.82. The van der Waals surface area contributed by atoms with Gasteiger partial charge in [0.25, 0.3) is 5.91 Å². The number of amides is 2. The van der Waals surface area contributed by atoms with E-state index in [2.05, 4.69) is 5.32 Å². The molecule has 5 nitrogen and oxygen atoms in total. The van der Waals surface area contributed by atoms with E-state index in [0.29, 0.717) is 30.0 Å². The van der Waals surface area contributed by atoms with E-state index in [-0.39, 0.29) is 17.6 Å². The van der Waals surface area contributed by atoms with Crippen LogP contribution in [0.3, 0.4) is 0 Å². The molecular formula is C29H31FN2O3. The van der Waals surface area contributed by atoms with Crippen molar-refractivity contribution in [3.63, 3.8) is 0 Å². The molecule has 0 bridgehead atoms. The monoisotopic (exact) mass is 474 g/mol. The van der Waals surface area contributed by atoms with Crippen LogP contribution in [0, 0.1) is 11.2 Å². The minimum atomic E-state index is -0.739. The van der Waals surface area contributed by atoms with E-state index < -0.39 is 17.6 Å². The average molecular weight is 475 g/mol. The number of anilines is 1. The van der Waals surface area contributed by atoms with Gasteiger partial charge in [-0.25, -0.2) is 4.39 Å². The Hall–Kier alpha value is -3.67. The summed E-state index contributed by atoms with van der Waals surface area (Å²) in [6, 6.07) is 20.8. The smallest absolute Gasteiger partial charge is 0.265 e. The third-order valence-electron chi connectivity index (χ3n) is 6.14. The first-order valence-corrected chi connectivity index (χ1v) is 11.9. The number of hydrogen-bond donors (Lipinski definition) is 1. The number of para-hydroxylation sites is 1. The zero-order chi connectivity index (χ0) is 25.2. The predicted octanol–water partition coefficient (Wildman–Crippen LogP) is 5.75. The summed E-state index contributed by atoms with van der Waals surface area (Å²) in [6.07, 6.45) is -0.0513. The second kappa shape index (κ2) is 9.90. The van der Waals surface area contributed by atoms with Crippen molar-refractivity contribution in [2.45, 2.75) is 46.3 Å². The molecular weight excluding hydrogens is 443 g/mol. The maximum atomic E-state index is 14.2. The summed E-state index contributed by atoms with van der Waals surface area (Å²) < 4.78 is 20.2. The Kier molecular flexibility index (Phi) is 6.92. The zero-order valence-corrected chi connectivity index (χ0v) is 20.5. The summed E-state index contributed by atoms with van der Waals surface area (Å²) in [7, 11) is 0. The van der Waals surface area contributed by atoms with Crippen molar-refractivity contribution in [2.75, 3.05) is 11.9 Å². The van der Waals surface area contributed by atoms with E-state index in [1.54, 1.807) is 13.0 Å². The van der Waals surface area contributed by atoms with Gasteiger partial charge in [-0.05, 0) is 66.4 Å². The van der Waals surface area contributed by atoms with E-state index in [0.717, 1.165) is 11.1 Å². The van der Waals surface area contributed by atoms with E-state index in [9.17, 15) is 14.0 Å². The minimum absolute atomic E-state index is 0.000611. The summed E-state index contributed by atoms with van der Waals surface area (Å²) >= 11 is 0.